The number of pyridine rings is 1. The molecule has 0 aliphatic heterocycles. The minimum Gasteiger partial charge on any atom is -0.390 e. The third kappa shape index (κ3) is 2.41. The summed E-state index contributed by atoms with van der Waals surface area (Å²) in [5.74, 6) is 0.0150. The fourth-order valence-corrected chi connectivity index (χ4v) is 1.35. The Balaban J connectivity index is 3.36. The molecular formula is C9H7ClF2N2O. The second kappa shape index (κ2) is 5.01. The lowest BCUT2D eigenvalue weighted by atomic mass is 10.1. The van der Waals surface area contributed by atoms with E-state index in [0.717, 1.165) is 0 Å². The van der Waals surface area contributed by atoms with E-state index in [4.69, 9.17) is 22.0 Å². The number of aromatic nitrogens is 1. The normalized spacial score (nSPS) is 10.4. The molecule has 80 valence electrons. The minimum absolute atomic E-state index is 0.0150. The van der Waals surface area contributed by atoms with Gasteiger partial charge in [-0.1, -0.05) is 0 Å². The number of alkyl halides is 3. The summed E-state index contributed by atoms with van der Waals surface area (Å²) in [7, 11) is 0. The van der Waals surface area contributed by atoms with Gasteiger partial charge in [0.15, 0.2) is 0 Å². The number of rotatable bonds is 3. The molecule has 1 N–H and O–H groups in total. The lowest BCUT2D eigenvalue weighted by Gasteiger charge is -2.08. The van der Waals surface area contributed by atoms with Crippen molar-refractivity contribution >= 4 is 11.6 Å². The van der Waals surface area contributed by atoms with Gasteiger partial charge in [-0.3, -0.25) is 0 Å². The lowest BCUT2D eigenvalue weighted by Crippen LogP contribution is -2.04. The standard InChI is InChI=1S/C9H7ClF2N2O/c10-2-5-1-6(3-13)8(9(11)12)14-7(5)4-15/h1,9,15H,2,4H2. The number of nitrogens with zero attached hydrogens (tertiary/aromatic N) is 2. The molecule has 1 rings (SSSR count). The van der Waals surface area contributed by atoms with E-state index in [1.807, 2.05) is 0 Å². The van der Waals surface area contributed by atoms with Crippen LogP contribution in [0.3, 0.4) is 0 Å². The second-order valence-electron chi connectivity index (χ2n) is 2.73. The molecule has 6 heteroatoms. The number of nitriles is 1. The van der Waals surface area contributed by atoms with E-state index < -0.39 is 18.7 Å². The molecule has 0 aliphatic rings. The molecule has 1 aromatic rings. The van der Waals surface area contributed by atoms with Crippen molar-refractivity contribution in [3.63, 3.8) is 0 Å². The van der Waals surface area contributed by atoms with Crippen LogP contribution >= 0.6 is 11.6 Å². The lowest BCUT2D eigenvalue weighted by molar-refractivity contribution is 0.144. The Hall–Kier alpha value is -1.25. The van der Waals surface area contributed by atoms with E-state index in [0.29, 0.717) is 5.56 Å². The summed E-state index contributed by atoms with van der Waals surface area (Å²) >= 11 is 5.52. The zero-order valence-corrected chi connectivity index (χ0v) is 8.30. The van der Waals surface area contributed by atoms with Crippen LogP contribution in [0, 0.1) is 11.3 Å². The molecule has 0 bridgehead atoms. The first-order valence-electron chi connectivity index (χ1n) is 4.01. The molecule has 0 spiro atoms. The third-order valence-electron chi connectivity index (χ3n) is 1.84. The van der Waals surface area contributed by atoms with Crippen LogP contribution in [0.15, 0.2) is 6.07 Å². The van der Waals surface area contributed by atoms with Gasteiger partial charge in [-0.2, -0.15) is 5.26 Å². The Morgan fingerprint density at radius 2 is 2.27 bits per heavy atom. The highest BCUT2D eigenvalue weighted by molar-refractivity contribution is 6.17. The van der Waals surface area contributed by atoms with E-state index in [-0.39, 0.29) is 17.1 Å². The van der Waals surface area contributed by atoms with Crippen LogP contribution in [0.1, 0.15) is 28.9 Å². The Kier molecular flexibility index (Phi) is 3.95. The average Bonchev–Trinajstić information content (AvgIpc) is 2.26. The molecule has 1 heterocycles. The summed E-state index contributed by atoms with van der Waals surface area (Å²) < 4.78 is 24.9. The summed E-state index contributed by atoms with van der Waals surface area (Å²) in [6, 6.07) is 2.85. The van der Waals surface area contributed by atoms with E-state index >= 15 is 0 Å². The van der Waals surface area contributed by atoms with Crippen LogP contribution in [0.4, 0.5) is 8.78 Å². The molecule has 0 radical (unpaired) electrons. The molecule has 0 aromatic carbocycles. The SMILES string of the molecule is N#Cc1cc(CCl)c(CO)nc1C(F)F. The molecule has 0 atom stereocenters. The zero-order chi connectivity index (χ0) is 11.4. The van der Waals surface area contributed by atoms with Crippen LogP contribution in [-0.4, -0.2) is 10.1 Å². The van der Waals surface area contributed by atoms with Gasteiger partial charge in [-0.05, 0) is 11.6 Å². The molecular weight excluding hydrogens is 226 g/mol. The van der Waals surface area contributed by atoms with Crippen molar-refractivity contribution in [1.29, 1.82) is 5.26 Å². The van der Waals surface area contributed by atoms with E-state index in [9.17, 15) is 8.78 Å². The Morgan fingerprint density at radius 3 is 2.67 bits per heavy atom. The smallest absolute Gasteiger partial charge is 0.281 e. The molecule has 1 aromatic heterocycles. The molecule has 0 amide bonds. The van der Waals surface area contributed by atoms with Gasteiger partial charge in [-0.15, -0.1) is 11.6 Å². The van der Waals surface area contributed by atoms with Gasteiger partial charge in [-0.25, -0.2) is 13.8 Å². The number of aliphatic hydroxyl groups excluding tert-OH is 1. The predicted molar refractivity (Wildman–Crippen MR) is 49.4 cm³/mol. The van der Waals surface area contributed by atoms with Crippen molar-refractivity contribution in [2.24, 2.45) is 0 Å². The first kappa shape index (κ1) is 11.8. The van der Waals surface area contributed by atoms with Crippen molar-refractivity contribution in [3.05, 3.63) is 28.6 Å². The van der Waals surface area contributed by atoms with Crippen molar-refractivity contribution in [1.82, 2.24) is 4.98 Å². The summed E-state index contributed by atoms with van der Waals surface area (Å²) in [6.07, 6.45) is -2.84. The fraction of sp³-hybridized carbons (Fsp3) is 0.333. The highest BCUT2D eigenvalue weighted by Gasteiger charge is 2.18. The van der Waals surface area contributed by atoms with E-state index in [1.54, 1.807) is 6.07 Å². The van der Waals surface area contributed by atoms with Crippen LogP contribution in [0.25, 0.3) is 0 Å². The van der Waals surface area contributed by atoms with Gasteiger partial charge < -0.3 is 5.11 Å². The van der Waals surface area contributed by atoms with Crippen LogP contribution in [0.5, 0.6) is 0 Å². The third-order valence-corrected chi connectivity index (χ3v) is 2.13. The average molecular weight is 233 g/mol. The van der Waals surface area contributed by atoms with Gasteiger partial charge in [0.25, 0.3) is 6.43 Å². The van der Waals surface area contributed by atoms with Crippen LogP contribution in [-0.2, 0) is 12.5 Å². The van der Waals surface area contributed by atoms with Crippen molar-refractivity contribution in [2.75, 3.05) is 0 Å². The number of halogens is 3. The number of hydrogen-bond donors (Lipinski definition) is 1. The first-order valence-corrected chi connectivity index (χ1v) is 4.55. The maximum atomic E-state index is 12.4. The topological polar surface area (TPSA) is 56.9 Å². The van der Waals surface area contributed by atoms with E-state index in [2.05, 4.69) is 4.98 Å². The zero-order valence-electron chi connectivity index (χ0n) is 7.54. The van der Waals surface area contributed by atoms with Crippen molar-refractivity contribution in [3.8, 4) is 6.07 Å². The quantitative estimate of drug-likeness (QED) is 0.812. The molecule has 0 aliphatic carbocycles. The Morgan fingerprint density at radius 1 is 1.60 bits per heavy atom. The fourth-order valence-electron chi connectivity index (χ4n) is 1.12. The molecule has 0 fully saturated rings. The van der Waals surface area contributed by atoms with Gasteiger partial charge in [0.05, 0.1) is 17.9 Å². The molecule has 3 nitrogen and oxygen atoms in total. The largest absolute Gasteiger partial charge is 0.390 e. The first-order chi connectivity index (χ1) is 7.13. The summed E-state index contributed by atoms with van der Waals surface area (Å²) in [5.41, 5.74) is -0.354. The highest BCUT2D eigenvalue weighted by atomic mass is 35.5. The Bertz CT molecular complexity index is 404. The maximum Gasteiger partial charge on any atom is 0.281 e. The highest BCUT2D eigenvalue weighted by Crippen LogP contribution is 2.23. The van der Waals surface area contributed by atoms with E-state index in [1.165, 1.54) is 6.07 Å². The molecule has 0 unspecified atom stereocenters. The van der Waals surface area contributed by atoms with Crippen LogP contribution in [0.2, 0.25) is 0 Å². The summed E-state index contributed by atoms with van der Waals surface area (Å²) in [4.78, 5) is 3.53. The predicted octanol–water partition coefficient (Wildman–Crippen LogP) is 2.12. The molecule has 0 saturated carbocycles. The van der Waals surface area contributed by atoms with Crippen LogP contribution < -0.4 is 0 Å². The minimum atomic E-state index is -2.84. The molecule has 15 heavy (non-hydrogen) atoms. The monoisotopic (exact) mass is 232 g/mol. The maximum absolute atomic E-state index is 12.4. The number of hydrogen-bond acceptors (Lipinski definition) is 3. The van der Waals surface area contributed by atoms with Crippen molar-refractivity contribution < 1.29 is 13.9 Å². The summed E-state index contributed by atoms with van der Waals surface area (Å²) in [5, 5.41) is 17.5. The number of aliphatic hydroxyl groups is 1. The second-order valence-corrected chi connectivity index (χ2v) is 3.00. The summed E-state index contributed by atoms with van der Waals surface area (Å²) in [6.45, 7) is -0.479. The van der Waals surface area contributed by atoms with Gasteiger partial charge >= 0.3 is 0 Å². The van der Waals surface area contributed by atoms with Gasteiger partial charge in [0.1, 0.15) is 11.8 Å². The Labute approximate surface area is 89.9 Å². The van der Waals surface area contributed by atoms with Gasteiger partial charge in [0.2, 0.25) is 0 Å². The van der Waals surface area contributed by atoms with Crippen molar-refractivity contribution in [2.45, 2.75) is 18.9 Å². The molecule has 0 saturated heterocycles. The van der Waals surface area contributed by atoms with Gasteiger partial charge in [0, 0.05) is 5.88 Å².